The van der Waals surface area contributed by atoms with Crippen LogP contribution in [0.4, 0.5) is 4.39 Å². The number of carbonyl (C=O) groups excluding carboxylic acids is 1. The van der Waals surface area contributed by atoms with Crippen LogP contribution in [-0.2, 0) is 14.8 Å². The summed E-state index contributed by atoms with van der Waals surface area (Å²) in [5, 5.41) is 2.92. The zero-order valence-corrected chi connectivity index (χ0v) is 22.0. The molecule has 0 fully saturated rings. The van der Waals surface area contributed by atoms with Crippen LogP contribution < -0.4 is 19.5 Å². The quantitative estimate of drug-likeness (QED) is 0.528. The molecule has 0 bridgehead atoms. The number of rotatable bonds is 7. The number of likely N-dealkylation sites (N-methyl/N-ethyl adjacent to an activating group) is 1. The summed E-state index contributed by atoms with van der Waals surface area (Å²) >= 11 is 6.02. The predicted molar refractivity (Wildman–Crippen MR) is 134 cm³/mol. The standard InChI is InChI=1S/C25H27ClFN3O6S/c1-28-10-19(18-8-20(26)21(27)9-23(18)34-2)25(31)29-11-15-13-30(14-16(15)12-29)37(32,33)17-3-4-22-24(7-17)36-6-5-35-22/h3-4,7-9,19,28H,5-6,10-14H2,1-2H3. The first kappa shape index (κ1) is 25.8. The molecule has 0 radical (unpaired) electrons. The molecule has 9 nitrogen and oxygen atoms in total. The van der Waals surface area contributed by atoms with Gasteiger partial charge in [0.05, 0.1) is 22.9 Å². The Hall–Kier alpha value is -2.86. The molecule has 0 spiro atoms. The second-order valence-corrected chi connectivity index (χ2v) is 11.4. The highest BCUT2D eigenvalue weighted by Crippen LogP contribution is 2.37. The van der Waals surface area contributed by atoms with Crippen LogP contribution in [0.25, 0.3) is 0 Å². The molecule has 1 atom stereocenters. The van der Waals surface area contributed by atoms with E-state index in [1.807, 2.05) is 0 Å². The van der Waals surface area contributed by atoms with E-state index >= 15 is 0 Å². The largest absolute Gasteiger partial charge is 0.496 e. The molecule has 3 aliphatic heterocycles. The molecular formula is C25H27ClFN3O6S. The van der Waals surface area contributed by atoms with Gasteiger partial charge in [0.2, 0.25) is 15.9 Å². The van der Waals surface area contributed by atoms with Crippen molar-refractivity contribution in [2.75, 3.05) is 60.1 Å². The van der Waals surface area contributed by atoms with Gasteiger partial charge in [0.15, 0.2) is 11.5 Å². The van der Waals surface area contributed by atoms with Crippen LogP contribution in [0.2, 0.25) is 5.02 Å². The number of hydrogen-bond acceptors (Lipinski definition) is 7. The number of halogens is 2. The third-order valence-electron chi connectivity index (χ3n) is 6.82. The van der Waals surface area contributed by atoms with Crippen LogP contribution in [0.5, 0.6) is 17.2 Å². The van der Waals surface area contributed by atoms with Crippen molar-refractivity contribution in [3.8, 4) is 17.2 Å². The van der Waals surface area contributed by atoms with Crippen LogP contribution in [0.1, 0.15) is 11.5 Å². The van der Waals surface area contributed by atoms with Crippen molar-refractivity contribution < 1.29 is 31.8 Å². The van der Waals surface area contributed by atoms with Gasteiger partial charge in [0, 0.05) is 50.4 Å². The summed E-state index contributed by atoms with van der Waals surface area (Å²) < 4.78 is 58.4. The fourth-order valence-corrected chi connectivity index (χ4v) is 6.57. The normalized spacial score (nSPS) is 18.2. The SMILES string of the molecule is CNCC(C(=O)N1CC2=C(C1)CN(S(=O)(=O)c1ccc3c(c1)OCCO3)C2)c1cc(Cl)c(F)cc1OC. The van der Waals surface area contributed by atoms with Crippen molar-refractivity contribution in [1.82, 2.24) is 14.5 Å². The highest BCUT2D eigenvalue weighted by atomic mass is 35.5. The Kier molecular flexibility index (Phi) is 7.06. The van der Waals surface area contributed by atoms with Gasteiger partial charge in [0.1, 0.15) is 24.8 Å². The molecule has 0 aliphatic carbocycles. The van der Waals surface area contributed by atoms with E-state index in [-0.39, 0.29) is 34.7 Å². The molecule has 2 aromatic carbocycles. The van der Waals surface area contributed by atoms with Gasteiger partial charge in [-0.2, -0.15) is 4.31 Å². The maximum atomic E-state index is 14.0. The minimum Gasteiger partial charge on any atom is -0.496 e. The molecule has 2 aromatic rings. The lowest BCUT2D eigenvalue weighted by Gasteiger charge is -2.27. The maximum absolute atomic E-state index is 14.0. The smallest absolute Gasteiger partial charge is 0.243 e. The minimum absolute atomic E-state index is 0.0910. The number of ether oxygens (including phenoxy) is 3. The fourth-order valence-electron chi connectivity index (χ4n) is 4.95. The number of nitrogens with zero attached hydrogens (tertiary/aromatic N) is 2. The number of amides is 1. The molecule has 12 heteroatoms. The maximum Gasteiger partial charge on any atom is 0.243 e. The second-order valence-electron chi connectivity index (χ2n) is 9.10. The zero-order valence-electron chi connectivity index (χ0n) is 20.4. The van der Waals surface area contributed by atoms with Crippen molar-refractivity contribution >= 4 is 27.5 Å². The van der Waals surface area contributed by atoms with E-state index in [1.165, 1.54) is 35.7 Å². The molecule has 3 heterocycles. The average Bonchev–Trinajstić information content (AvgIpc) is 3.48. The van der Waals surface area contributed by atoms with Gasteiger partial charge in [-0.1, -0.05) is 11.6 Å². The van der Waals surface area contributed by atoms with Gasteiger partial charge in [0.25, 0.3) is 0 Å². The molecule has 0 aromatic heterocycles. The highest BCUT2D eigenvalue weighted by molar-refractivity contribution is 7.89. The van der Waals surface area contributed by atoms with E-state index < -0.39 is 21.8 Å². The zero-order chi connectivity index (χ0) is 26.3. The lowest BCUT2D eigenvalue weighted by molar-refractivity contribution is -0.131. The number of fused-ring (bicyclic) bond motifs is 1. The van der Waals surface area contributed by atoms with Crippen LogP contribution in [0, 0.1) is 5.82 Å². The topological polar surface area (TPSA) is 97.4 Å². The first-order valence-corrected chi connectivity index (χ1v) is 13.6. The summed E-state index contributed by atoms with van der Waals surface area (Å²) in [4.78, 5) is 15.4. The Bertz CT molecular complexity index is 1360. The summed E-state index contributed by atoms with van der Waals surface area (Å²) in [5.41, 5.74) is 2.30. The molecular weight excluding hydrogens is 525 g/mol. The van der Waals surface area contributed by atoms with Crippen LogP contribution in [-0.4, -0.2) is 83.6 Å². The van der Waals surface area contributed by atoms with Crippen LogP contribution in [0.3, 0.4) is 0 Å². The van der Waals surface area contributed by atoms with Gasteiger partial charge in [-0.25, -0.2) is 12.8 Å². The van der Waals surface area contributed by atoms with Crippen molar-refractivity contribution in [1.29, 1.82) is 0 Å². The van der Waals surface area contributed by atoms with E-state index in [1.54, 1.807) is 18.0 Å². The Labute approximate surface area is 219 Å². The first-order valence-electron chi connectivity index (χ1n) is 11.8. The van der Waals surface area contributed by atoms with E-state index in [9.17, 15) is 17.6 Å². The molecule has 0 saturated carbocycles. The van der Waals surface area contributed by atoms with Crippen molar-refractivity contribution in [3.05, 3.63) is 57.9 Å². The molecule has 198 valence electrons. The first-order chi connectivity index (χ1) is 17.7. The summed E-state index contributed by atoms with van der Waals surface area (Å²) in [5.74, 6) is -0.278. The van der Waals surface area contributed by atoms with Crippen LogP contribution in [0.15, 0.2) is 46.4 Å². The number of benzene rings is 2. The number of nitrogens with one attached hydrogen (secondary N) is 1. The van der Waals surface area contributed by atoms with Gasteiger partial charge < -0.3 is 24.4 Å². The Morgan fingerprint density at radius 1 is 1.11 bits per heavy atom. The predicted octanol–water partition coefficient (Wildman–Crippen LogP) is 2.41. The third-order valence-corrected chi connectivity index (χ3v) is 8.89. The number of methoxy groups -OCH3 is 1. The van der Waals surface area contributed by atoms with Crippen molar-refractivity contribution in [3.63, 3.8) is 0 Å². The summed E-state index contributed by atoms with van der Waals surface area (Å²) in [7, 11) is -0.626. The van der Waals surface area contributed by atoms with Gasteiger partial charge >= 0.3 is 0 Å². The fraction of sp³-hybridized carbons (Fsp3) is 0.400. The average molecular weight is 552 g/mol. The lowest BCUT2D eigenvalue weighted by atomic mass is 9.96. The minimum atomic E-state index is -3.76. The molecule has 3 aliphatic rings. The van der Waals surface area contributed by atoms with Gasteiger partial charge in [-0.3, -0.25) is 4.79 Å². The number of hydrogen-bond donors (Lipinski definition) is 1. The summed E-state index contributed by atoms with van der Waals surface area (Å²) in [6, 6.07) is 7.22. The van der Waals surface area contributed by atoms with E-state index in [0.717, 1.165) is 11.1 Å². The van der Waals surface area contributed by atoms with Gasteiger partial charge in [-0.05, 0) is 36.4 Å². The molecule has 1 amide bonds. The highest BCUT2D eigenvalue weighted by Gasteiger charge is 2.40. The summed E-state index contributed by atoms with van der Waals surface area (Å²) in [6.45, 7) is 2.13. The lowest BCUT2D eigenvalue weighted by Crippen LogP contribution is -2.40. The van der Waals surface area contributed by atoms with Crippen molar-refractivity contribution in [2.45, 2.75) is 10.8 Å². The second kappa shape index (κ2) is 10.1. The number of sulfonamides is 1. The monoisotopic (exact) mass is 551 g/mol. The summed E-state index contributed by atoms with van der Waals surface area (Å²) in [6.07, 6.45) is 0. The molecule has 37 heavy (non-hydrogen) atoms. The molecule has 5 rings (SSSR count). The third kappa shape index (κ3) is 4.76. The molecule has 1 N–H and O–H groups in total. The van der Waals surface area contributed by atoms with E-state index in [0.29, 0.717) is 49.9 Å². The Morgan fingerprint density at radius 2 is 1.78 bits per heavy atom. The van der Waals surface area contributed by atoms with Crippen molar-refractivity contribution in [2.24, 2.45) is 0 Å². The molecule has 0 saturated heterocycles. The van der Waals surface area contributed by atoms with E-state index in [2.05, 4.69) is 5.32 Å². The Morgan fingerprint density at radius 3 is 2.43 bits per heavy atom. The number of carbonyl (C=O) groups is 1. The van der Waals surface area contributed by atoms with E-state index in [4.69, 9.17) is 25.8 Å². The van der Waals surface area contributed by atoms with Gasteiger partial charge in [-0.15, -0.1) is 0 Å². The Balaban J connectivity index is 1.30. The van der Waals surface area contributed by atoms with Crippen LogP contribution >= 0.6 is 11.6 Å². The molecule has 1 unspecified atom stereocenters.